The van der Waals surface area contributed by atoms with E-state index in [0.29, 0.717) is 119 Å². The minimum absolute atomic E-state index is 0.230. The van der Waals surface area contributed by atoms with Gasteiger partial charge >= 0.3 is 5.97 Å². The van der Waals surface area contributed by atoms with Gasteiger partial charge < -0.3 is 57.3 Å². The maximum absolute atomic E-state index is 11.6. The number of methoxy groups -OCH3 is 1. The molecule has 68 heavy (non-hydrogen) atoms. The second-order valence-corrected chi connectivity index (χ2v) is 18.5. The molecule has 5 heterocycles. The molecule has 0 N–H and O–H groups in total. The third-order valence-corrected chi connectivity index (χ3v) is 13.6. The Morgan fingerprint density at radius 1 is 0.603 bits per heavy atom. The van der Waals surface area contributed by atoms with Gasteiger partial charge in [-0.3, -0.25) is 0 Å². The number of esters is 1. The van der Waals surface area contributed by atoms with Gasteiger partial charge in [0.05, 0.1) is 89.6 Å². The van der Waals surface area contributed by atoms with E-state index in [1.165, 1.54) is 6.08 Å². The summed E-state index contributed by atoms with van der Waals surface area (Å²) in [6.45, 7) is 17.4. The Morgan fingerprint density at radius 3 is 1.71 bits per heavy atom. The maximum atomic E-state index is 11.6. The molecule has 364 valence electrons. The number of fused-ring (bicyclic) bond motifs is 20. The predicted octanol–water partition coefficient (Wildman–Crippen LogP) is 9.19. The fraction of sp³-hybridized carbons (Fsp3) is 0.415. The van der Waals surface area contributed by atoms with Crippen molar-refractivity contribution in [3.8, 4) is 27.0 Å². The number of benzene rings is 3. The fourth-order valence-electron chi connectivity index (χ4n) is 7.72. The molecule has 0 aliphatic carbocycles. The van der Waals surface area contributed by atoms with Gasteiger partial charge in [0.25, 0.3) is 0 Å². The summed E-state index contributed by atoms with van der Waals surface area (Å²) in [5.74, 6) is 1.91. The monoisotopic (exact) mass is 967 g/mol. The SMILES string of the molecule is C=CC(=O)OCc1ccc(-c2ccc(C=Cc3ccc(N4CCOc5cc(C)ccc5N5CCOCCOCCN(CCOCCOCC5)c5ccc(C)cc5OCC4)c(OCCOC)c3)s2)s1. The standard InChI is InChI=1S/C53H65N3O10S2/c1-5-53(57)66-39-44-12-17-52(68-44)51-16-11-43(67-51)10-8-42-9-15-47(50(38-42)65-35-30-58-4)56-22-28-63-48-36-40(2)6-13-45(48)54-18-24-59-31-33-61-26-20-55(21-27-62-34-32-60-25-19-54)46-14-7-41(3)37-49(46)64-29-23-56/h5-17,36-38H,1,18-35,39H2,2-4H3. The van der Waals surface area contributed by atoms with Crippen molar-refractivity contribution in [3.05, 3.63) is 118 Å². The maximum Gasteiger partial charge on any atom is 0.330 e. The summed E-state index contributed by atoms with van der Waals surface area (Å²) < 4.78 is 55.1. The fourth-order valence-corrected chi connectivity index (χ4v) is 9.64. The van der Waals surface area contributed by atoms with Gasteiger partial charge in [0, 0.05) is 58.9 Å². The Kier molecular flexibility index (Phi) is 20.0. The number of rotatable bonds is 11. The smallest absolute Gasteiger partial charge is 0.330 e. The molecule has 0 unspecified atom stereocenters. The van der Waals surface area contributed by atoms with E-state index in [1.54, 1.807) is 29.8 Å². The molecule has 15 heteroatoms. The number of hydrogen-bond donors (Lipinski definition) is 0. The van der Waals surface area contributed by atoms with Gasteiger partial charge in [-0.05, 0) is 97.3 Å². The quantitative estimate of drug-likeness (QED) is 0.0544. The van der Waals surface area contributed by atoms with E-state index in [1.807, 2.05) is 6.07 Å². The lowest BCUT2D eigenvalue weighted by Gasteiger charge is -2.30. The van der Waals surface area contributed by atoms with Crippen LogP contribution in [0.15, 0.2) is 91.5 Å². The number of carbonyl (C=O) groups is 1. The minimum atomic E-state index is -0.429. The van der Waals surface area contributed by atoms with E-state index < -0.39 is 5.97 Å². The van der Waals surface area contributed by atoms with Gasteiger partial charge in [-0.2, -0.15) is 0 Å². The number of thiophene rings is 2. The van der Waals surface area contributed by atoms with E-state index in [-0.39, 0.29) is 6.61 Å². The number of carbonyl (C=O) groups excluding carboxylic acids is 1. The molecule has 0 atom stereocenters. The van der Waals surface area contributed by atoms with Crippen LogP contribution in [0.25, 0.3) is 21.9 Å². The van der Waals surface area contributed by atoms with E-state index in [2.05, 4.69) is 120 Å². The van der Waals surface area contributed by atoms with Crippen LogP contribution in [0.1, 0.15) is 26.4 Å². The van der Waals surface area contributed by atoms with E-state index in [0.717, 1.165) is 70.5 Å². The summed E-state index contributed by atoms with van der Waals surface area (Å²) in [5.41, 5.74) is 6.11. The molecule has 3 aliphatic heterocycles. The van der Waals surface area contributed by atoms with Gasteiger partial charge in [-0.15, -0.1) is 22.7 Å². The van der Waals surface area contributed by atoms with Crippen molar-refractivity contribution in [2.45, 2.75) is 20.5 Å². The Labute approximate surface area is 409 Å². The van der Waals surface area contributed by atoms with Crippen LogP contribution in [-0.2, 0) is 39.8 Å². The molecule has 1 fully saturated rings. The first-order valence-electron chi connectivity index (χ1n) is 23.3. The van der Waals surface area contributed by atoms with Crippen molar-refractivity contribution >= 4 is 57.9 Å². The summed E-state index contributed by atoms with van der Waals surface area (Å²) >= 11 is 3.32. The van der Waals surface area contributed by atoms with Crippen LogP contribution in [-0.4, -0.2) is 132 Å². The lowest BCUT2D eigenvalue weighted by Crippen LogP contribution is -2.34. The highest BCUT2D eigenvalue weighted by Gasteiger charge is 2.20. The average Bonchev–Trinajstić information content (AvgIpc) is 4.03. The highest BCUT2D eigenvalue weighted by Crippen LogP contribution is 2.37. The summed E-state index contributed by atoms with van der Waals surface area (Å²) in [4.78, 5) is 22.8. The zero-order chi connectivity index (χ0) is 47.3. The molecule has 3 aromatic carbocycles. The first-order chi connectivity index (χ1) is 33.4. The Balaban J connectivity index is 1.18. The zero-order valence-corrected chi connectivity index (χ0v) is 41.3. The van der Waals surface area contributed by atoms with Crippen molar-refractivity contribution < 1.29 is 47.4 Å². The van der Waals surface area contributed by atoms with Gasteiger partial charge in [0.2, 0.25) is 0 Å². The largest absolute Gasteiger partial charge is 0.490 e. The van der Waals surface area contributed by atoms with Crippen LogP contribution in [0, 0.1) is 13.8 Å². The normalized spacial score (nSPS) is 16.3. The highest BCUT2D eigenvalue weighted by atomic mass is 32.1. The number of aryl methyl sites for hydroxylation is 2. The van der Waals surface area contributed by atoms with Gasteiger partial charge in [0.1, 0.15) is 43.7 Å². The average molecular weight is 968 g/mol. The van der Waals surface area contributed by atoms with Crippen LogP contribution in [0.3, 0.4) is 0 Å². The van der Waals surface area contributed by atoms with Crippen LogP contribution >= 0.6 is 22.7 Å². The molecule has 5 aromatic rings. The Bertz CT molecular complexity index is 2280. The van der Waals surface area contributed by atoms with E-state index >= 15 is 0 Å². The summed E-state index contributed by atoms with van der Waals surface area (Å²) in [5, 5.41) is 0. The topological polar surface area (TPSA) is 110 Å². The zero-order valence-electron chi connectivity index (χ0n) is 39.6. The first kappa shape index (κ1) is 50.5. The molecule has 13 nitrogen and oxygen atoms in total. The molecular weight excluding hydrogens is 903 g/mol. The predicted molar refractivity (Wildman–Crippen MR) is 274 cm³/mol. The molecule has 2 bridgehead atoms. The van der Waals surface area contributed by atoms with Crippen molar-refractivity contribution in [3.63, 3.8) is 0 Å². The lowest BCUT2D eigenvalue weighted by atomic mass is 10.1. The molecular formula is C53H65N3O10S2. The highest BCUT2D eigenvalue weighted by molar-refractivity contribution is 7.22. The molecule has 0 radical (unpaired) electrons. The van der Waals surface area contributed by atoms with E-state index in [4.69, 9.17) is 42.6 Å². The molecule has 1 saturated heterocycles. The molecule has 2 aromatic heterocycles. The molecule has 8 rings (SSSR count). The molecule has 0 spiro atoms. The molecule has 3 aliphatic rings. The lowest BCUT2D eigenvalue weighted by molar-refractivity contribution is -0.138. The second-order valence-electron chi connectivity index (χ2n) is 16.2. The van der Waals surface area contributed by atoms with Crippen LogP contribution in [0.2, 0.25) is 0 Å². The number of nitrogens with zero attached hydrogens (tertiary/aromatic N) is 3. The summed E-state index contributed by atoms with van der Waals surface area (Å²) in [6.07, 6.45) is 5.41. The third-order valence-electron chi connectivity index (χ3n) is 11.3. The first-order valence-corrected chi connectivity index (χ1v) is 24.9. The van der Waals surface area contributed by atoms with Crippen molar-refractivity contribution in [1.82, 2.24) is 0 Å². The number of ether oxygens (including phenoxy) is 9. The van der Waals surface area contributed by atoms with Gasteiger partial charge in [-0.25, -0.2) is 4.79 Å². The minimum Gasteiger partial charge on any atom is -0.490 e. The van der Waals surface area contributed by atoms with Crippen molar-refractivity contribution in [2.75, 3.05) is 140 Å². The Hall–Kier alpha value is -5.39. The second kappa shape index (κ2) is 27.0. The summed E-state index contributed by atoms with van der Waals surface area (Å²) in [7, 11) is 1.68. The van der Waals surface area contributed by atoms with Crippen molar-refractivity contribution in [1.29, 1.82) is 0 Å². The Morgan fingerprint density at radius 2 is 1.13 bits per heavy atom. The summed E-state index contributed by atoms with van der Waals surface area (Å²) in [6, 6.07) is 27.3. The van der Waals surface area contributed by atoms with E-state index in [9.17, 15) is 4.79 Å². The van der Waals surface area contributed by atoms with Crippen molar-refractivity contribution in [2.24, 2.45) is 0 Å². The van der Waals surface area contributed by atoms with Gasteiger partial charge in [0.15, 0.2) is 0 Å². The molecule has 0 amide bonds. The third kappa shape index (κ3) is 15.3. The van der Waals surface area contributed by atoms with Crippen LogP contribution in [0.5, 0.6) is 17.2 Å². The van der Waals surface area contributed by atoms with Crippen LogP contribution in [0.4, 0.5) is 17.1 Å². The number of hydrogen-bond acceptors (Lipinski definition) is 15. The molecule has 0 saturated carbocycles. The van der Waals surface area contributed by atoms with Gasteiger partial charge in [-0.1, -0.05) is 30.9 Å². The van der Waals surface area contributed by atoms with Crippen LogP contribution < -0.4 is 28.9 Å². The number of anilines is 3.